The molecule has 0 saturated carbocycles. The molecule has 0 radical (unpaired) electrons. The minimum atomic E-state index is -3.09. The minimum absolute atomic E-state index is 0.0533. The first kappa shape index (κ1) is 18.8. The molecule has 27 heavy (non-hydrogen) atoms. The van der Waals surface area contributed by atoms with Crippen LogP contribution in [0.3, 0.4) is 0 Å². The molecule has 2 heterocycles. The Bertz CT molecular complexity index is 974. The number of nitrogens with zero attached hydrogens (tertiary/aromatic N) is 1. The molecule has 1 atom stereocenters. The molecule has 1 aliphatic rings. The van der Waals surface area contributed by atoms with Gasteiger partial charge in [-0.15, -0.1) is 0 Å². The summed E-state index contributed by atoms with van der Waals surface area (Å²) in [5.74, 6) is -0.391. The van der Waals surface area contributed by atoms with E-state index >= 15 is 0 Å². The van der Waals surface area contributed by atoms with Crippen LogP contribution in [0.25, 0.3) is 0 Å². The maximum Gasteiger partial charge on any atom is 0.274 e. The molecule has 0 spiro atoms. The van der Waals surface area contributed by atoms with E-state index in [0.29, 0.717) is 17.9 Å². The van der Waals surface area contributed by atoms with Crippen LogP contribution in [0.15, 0.2) is 42.5 Å². The van der Waals surface area contributed by atoms with E-state index in [9.17, 15) is 18.0 Å². The lowest BCUT2D eigenvalue weighted by Gasteiger charge is -2.11. The molecule has 1 aromatic carbocycles. The average Bonchev–Trinajstić information content (AvgIpc) is 3.00. The van der Waals surface area contributed by atoms with Gasteiger partial charge in [0.2, 0.25) is 0 Å². The van der Waals surface area contributed by atoms with E-state index in [2.05, 4.69) is 15.6 Å². The van der Waals surface area contributed by atoms with Crippen molar-refractivity contribution in [1.82, 2.24) is 10.3 Å². The van der Waals surface area contributed by atoms with E-state index in [4.69, 9.17) is 4.74 Å². The molecular weight excluding hydrogens is 370 g/mol. The highest BCUT2D eigenvalue weighted by Gasteiger charge is 2.29. The topological polar surface area (TPSA) is 114 Å². The van der Waals surface area contributed by atoms with Gasteiger partial charge in [0.05, 0.1) is 18.6 Å². The lowest BCUT2D eigenvalue weighted by molar-refractivity contribution is 0.0936. The summed E-state index contributed by atoms with van der Waals surface area (Å²) in [5.41, 5.74) is 0.661. The maximum absolute atomic E-state index is 12.4. The Kier molecular flexibility index (Phi) is 5.41. The fourth-order valence-corrected chi connectivity index (χ4v) is 4.43. The van der Waals surface area contributed by atoms with Gasteiger partial charge >= 0.3 is 0 Å². The number of methoxy groups -OCH3 is 1. The Morgan fingerprint density at radius 1 is 1.11 bits per heavy atom. The fraction of sp³-hybridized carbons (Fsp3) is 0.278. The van der Waals surface area contributed by atoms with Gasteiger partial charge in [0.25, 0.3) is 11.8 Å². The molecule has 3 rings (SSSR count). The summed E-state index contributed by atoms with van der Waals surface area (Å²) in [6.07, 6.45) is 0.379. The van der Waals surface area contributed by atoms with Crippen LogP contribution in [0.4, 0.5) is 5.69 Å². The number of sulfone groups is 1. The summed E-state index contributed by atoms with van der Waals surface area (Å²) in [6, 6.07) is 10.9. The number of pyridine rings is 1. The smallest absolute Gasteiger partial charge is 0.274 e. The number of hydrogen-bond donors (Lipinski definition) is 2. The first-order valence-electron chi connectivity index (χ1n) is 8.30. The first-order chi connectivity index (χ1) is 12.9. The Hall–Kier alpha value is -2.94. The monoisotopic (exact) mass is 389 g/mol. The zero-order valence-electron chi connectivity index (χ0n) is 14.6. The van der Waals surface area contributed by atoms with E-state index < -0.39 is 27.7 Å². The van der Waals surface area contributed by atoms with Crippen molar-refractivity contribution in [2.75, 3.05) is 23.9 Å². The van der Waals surface area contributed by atoms with Gasteiger partial charge in [-0.3, -0.25) is 9.59 Å². The molecule has 2 amide bonds. The number of rotatable bonds is 5. The van der Waals surface area contributed by atoms with Crippen LogP contribution >= 0.6 is 0 Å². The second kappa shape index (κ2) is 7.75. The Balaban J connectivity index is 1.69. The van der Waals surface area contributed by atoms with Crippen LogP contribution in [0.2, 0.25) is 0 Å². The number of hydrogen-bond acceptors (Lipinski definition) is 6. The molecule has 8 nitrogen and oxygen atoms in total. The fourth-order valence-electron chi connectivity index (χ4n) is 2.75. The van der Waals surface area contributed by atoms with Crippen LogP contribution in [-0.4, -0.2) is 49.9 Å². The highest BCUT2D eigenvalue weighted by atomic mass is 32.2. The zero-order valence-corrected chi connectivity index (χ0v) is 15.5. The van der Waals surface area contributed by atoms with Crippen LogP contribution < -0.4 is 15.4 Å². The van der Waals surface area contributed by atoms with Gasteiger partial charge in [0.1, 0.15) is 17.1 Å². The molecule has 1 aromatic heterocycles. The minimum Gasteiger partial charge on any atom is -0.497 e. The molecular formula is C18H19N3O5S. The lowest BCUT2D eigenvalue weighted by Crippen LogP contribution is -2.36. The third-order valence-corrected chi connectivity index (χ3v) is 5.88. The van der Waals surface area contributed by atoms with Gasteiger partial charge in [-0.25, -0.2) is 13.4 Å². The van der Waals surface area contributed by atoms with Crippen molar-refractivity contribution < 1.29 is 22.7 Å². The molecule has 2 N–H and O–H groups in total. The lowest BCUT2D eigenvalue weighted by atomic mass is 10.2. The number of aromatic nitrogens is 1. The summed E-state index contributed by atoms with van der Waals surface area (Å²) in [5, 5.41) is 5.34. The van der Waals surface area contributed by atoms with E-state index in [0.717, 1.165) is 0 Å². The van der Waals surface area contributed by atoms with Crippen molar-refractivity contribution in [2.24, 2.45) is 0 Å². The highest BCUT2D eigenvalue weighted by molar-refractivity contribution is 7.91. The molecule has 0 bridgehead atoms. The predicted octanol–water partition coefficient (Wildman–Crippen LogP) is 1.26. The zero-order chi connectivity index (χ0) is 19.4. The van der Waals surface area contributed by atoms with Crippen molar-refractivity contribution in [1.29, 1.82) is 0 Å². The third-order valence-electron chi connectivity index (χ3n) is 4.11. The van der Waals surface area contributed by atoms with Gasteiger partial charge in [-0.2, -0.15) is 0 Å². The van der Waals surface area contributed by atoms with Crippen LogP contribution in [0.1, 0.15) is 27.4 Å². The molecule has 1 aliphatic heterocycles. The number of benzene rings is 1. The molecule has 1 fully saturated rings. The van der Waals surface area contributed by atoms with Crippen molar-refractivity contribution in [2.45, 2.75) is 12.5 Å². The van der Waals surface area contributed by atoms with Crippen LogP contribution in [0, 0.1) is 0 Å². The normalized spacial score (nSPS) is 17.9. The van der Waals surface area contributed by atoms with E-state index in [1.807, 2.05) is 0 Å². The van der Waals surface area contributed by atoms with E-state index in [-0.39, 0.29) is 22.9 Å². The van der Waals surface area contributed by atoms with Crippen molar-refractivity contribution in [3.8, 4) is 5.75 Å². The highest BCUT2D eigenvalue weighted by Crippen LogP contribution is 2.17. The van der Waals surface area contributed by atoms with E-state index in [1.165, 1.54) is 19.2 Å². The summed E-state index contributed by atoms with van der Waals surface area (Å²) in [4.78, 5) is 28.8. The van der Waals surface area contributed by atoms with Gasteiger partial charge in [0, 0.05) is 17.8 Å². The number of carbonyl (C=O) groups excluding carboxylic acids is 2. The molecule has 1 saturated heterocycles. The largest absolute Gasteiger partial charge is 0.497 e. The molecule has 1 unspecified atom stereocenters. The van der Waals surface area contributed by atoms with Crippen molar-refractivity contribution in [3.05, 3.63) is 53.9 Å². The number of anilines is 1. The molecule has 9 heteroatoms. The third kappa shape index (κ3) is 4.82. The second-order valence-electron chi connectivity index (χ2n) is 6.17. The van der Waals surface area contributed by atoms with Gasteiger partial charge in [-0.05, 0) is 30.7 Å². The van der Waals surface area contributed by atoms with Crippen molar-refractivity contribution in [3.63, 3.8) is 0 Å². The van der Waals surface area contributed by atoms with Gasteiger partial charge in [0.15, 0.2) is 9.84 Å². The Morgan fingerprint density at radius 2 is 1.81 bits per heavy atom. The predicted molar refractivity (Wildman–Crippen MR) is 99.7 cm³/mol. The van der Waals surface area contributed by atoms with Crippen molar-refractivity contribution >= 4 is 27.3 Å². The SMILES string of the molecule is COc1cccc(NC(=O)c2cccc(C(=O)NC3CCS(=O)(=O)C3)n2)c1. The molecule has 2 aromatic rings. The summed E-state index contributed by atoms with van der Waals surface area (Å²) in [7, 11) is -1.57. The number of amides is 2. The standard InChI is InChI=1S/C18H19N3O5S/c1-26-14-5-2-4-12(10-14)19-17(22)15-6-3-7-16(21-15)18(23)20-13-8-9-27(24,25)11-13/h2-7,10,13H,8-9,11H2,1H3,(H,19,22)(H,20,23). The first-order valence-corrected chi connectivity index (χ1v) is 10.1. The number of nitrogens with one attached hydrogen (secondary N) is 2. The quantitative estimate of drug-likeness (QED) is 0.796. The van der Waals surface area contributed by atoms with Gasteiger partial charge < -0.3 is 15.4 Å². The number of carbonyl (C=O) groups is 2. The summed E-state index contributed by atoms with van der Waals surface area (Å²) < 4.78 is 28.1. The maximum atomic E-state index is 12.4. The summed E-state index contributed by atoms with van der Waals surface area (Å²) >= 11 is 0. The molecule has 0 aliphatic carbocycles. The van der Waals surface area contributed by atoms with E-state index in [1.54, 1.807) is 30.3 Å². The average molecular weight is 389 g/mol. The molecule has 142 valence electrons. The summed E-state index contributed by atoms with van der Waals surface area (Å²) in [6.45, 7) is 0. The Labute approximate surface area is 156 Å². The van der Waals surface area contributed by atoms with Crippen LogP contribution in [0.5, 0.6) is 5.75 Å². The van der Waals surface area contributed by atoms with Crippen LogP contribution in [-0.2, 0) is 9.84 Å². The number of ether oxygens (including phenoxy) is 1. The second-order valence-corrected chi connectivity index (χ2v) is 8.40. The van der Waals surface area contributed by atoms with Gasteiger partial charge in [-0.1, -0.05) is 12.1 Å². The Morgan fingerprint density at radius 3 is 2.48 bits per heavy atom.